The fraction of sp³-hybridized carbons (Fsp3) is 0.600. The molecule has 0 aliphatic rings. The van der Waals surface area contributed by atoms with Gasteiger partial charge in [0.15, 0.2) is 0 Å². The van der Waals surface area contributed by atoms with Crippen molar-refractivity contribution >= 4 is 5.95 Å². The fourth-order valence-electron chi connectivity index (χ4n) is 0.693. The monoisotopic (exact) mass is 158 g/mol. The lowest BCUT2D eigenvalue weighted by Gasteiger charge is -2.10. The van der Waals surface area contributed by atoms with Crippen LogP contribution in [-0.2, 0) is 0 Å². The SMILES string of the molecule is CCCN(N)c1noc(=O)[nH]1. The Morgan fingerprint density at radius 1 is 1.82 bits per heavy atom. The predicted molar refractivity (Wildman–Crippen MR) is 38.9 cm³/mol. The predicted octanol–water partition coefficient (Wildman–Crippen LogP) is -0.547. The van der Waals surface area contributed by atoms with Crippen molar-refractivity contribution in [2.24, 2.45) is 5.84 Å². The zero-order valence-electron chi connectivity index (χ0n) is 6.20. The minimum absolute atomic E-state index is 0.261. The first kappa shape index (κ1) is 7.80. The Kier molecular flexibility index (Phi) is 2.27. The summed E-state index contributed by atoms with van der Waals surface area (Å²) in [4.78, 5) is 12.8. The van der Waals surface area contributed by atoms with Crippen LogP contribution in [0.3, 0.4) is 0 Å². The molecule has 0 bridgehead atoms. The van der Waals surface area contributed by atoms with Gasteiger partial charge in [-0.05, 0) is 11.6 Å². The van der Waals surface area contributed by atoms with Crippen LogP contribution >= 0.6 is 0 Å². The van der Waals surface area contributed by atoms with Gasteiger partial charge in [0, 0.05) is 6.54 Å². The van der Waals surface area contributed by atoms with E-state index in [1.807, 2.05) is 6.92 Å². The van der Waals surface area contributed by atoms with Crippen LogP contribution in [0.1, 0.15) is 13.3 Å². The van der Waals surface area contributed by atoms with Crippen LogP contribution in [0.15, 0.2) is 9.32 Å². The van der Waals surface area contributed by atoms with Gasteiger partial charge in [-0.3, -0.25) is 14.5 Å². The Bertz CT molecular complexity index is 265. The van der Waals surface area contributed by atoms with E-state index < -0.39 is 5.76 Å². The van der Waals surface area contributed by atoms with Gasteiger partial charge in [0.2, 0.25) is 0 Å². The van der Waals surface area contributed by atoms with Crippen LogP contribution in [0.5, 0.6) is 0 Å². The summed E-state index contributed by atoms with van der Waals surface area (Å²) in [5.41, 5.74) is 0. The minimum atomic E-state index is -0.591. The summed E-state index contributed by atoms with van der Waals surface area (Å²) >= 11 is 0. The van der Waals surface area contributed by atoms with E-state index in [0.717, 1.165) is 6.42 Å². The molecule has 1 heterocycles. The van der Waals surface area contributed by atoms with E-state index in [-0.39, 0.29) is 5.95 Å². The molecule has 3 N–H and O–H groups in total. The quantitative estimate of drug-likeness (QED) is 0.455. The van der Waals surface area contributed by atoms with Gasteiger partial charge in [-0.1, -0.05) is 6.92 Å². The second-order valence-corrected chi connectivity index (χ2v) is 2.11. The number of rotatable bonds is 3. The summed E-state index contributed by atoms with van der Waals surface area (Å²) in [5, 5.41) is 4.72. The van der Waals surface area contributed by atoms with E-state index in [4.69, 9.17) is 5.84 Å². The van der Waals surface area contributed by atoms with E-state index in [1.165, 1.54) is 5.01 Å². The summed E-state index contributed by atoms with van der Waals surface area (Å²) in [7, 11) is 0. The van der Waals surface area contributed by atoms with Crippen LogP contribution in [0.25, 0.3) is 0 Å². The van der Waals surface area contributed by atoms with Gasteiger partial charge in [0.1, 0.15) is 0 Å². The number of hydrogen-bond donors (Lipinski definition) is 2. The molecule has 6 heteroatoms. The van der Waals surface area contributed by atoms with Gasteiger partial charge in [0.25, 0.3) is 5.95 Å². The molecule has 0 aliphatic heterocycles. The molecular weight excluding hydrogens is 148 g/mol. The van der Waals surface area contributed by atoms with Crippen molar-refractivity contribution in [3.05, 3.63) is 10.6 Å². The number of anilines is 1. The van der Waals surface area contributed by atoms with Crippen molar-refractivity contribution in [2.45, 2.75) is 13.3 Å². The largest absolute Gasteiger partial charge is 0.440 e. The summed E-state index contributed by atoms with van der Waals surface area (Å²) in [5.74, 6) is 5.13. The number of nitrogens with one attached hydrogen (secondary N) is 1. The Labute approximate surface area is 62.9 Å². The molecule has 6 nitrogen and oxygen atoms in total. The van der Waals surface area contributed by atoms with Crippen LogP contribution in [0, 0.1) is 0 Å². The lowest BCUT2D eigenvalue weighted by atomic mass is 10.5. The van der Waals surface area contributed by atoms with Gasteiger partial charge >= 0.3 is 5.76 Å². The van der Waals surface area contributed by atoms with Crippen molar-refractivity contribution < 1.29 is 4.52 Å². The van der Waals surface area contributed by atoms with Crippen molar-refractivity contribution in [3.63, 3.8) is 0 Å². The Morgan fingerprint density at radius 2 is 2.55 bits per heavy atom. The second-order valence-electron chi connectivity index (χ2n) is 2.11. The average Bonchev–Trinajstić information content (AvgIpc) is 2.36. The zero-order chi connectivity index (χ0) is 8.27. The summed E-state index contributed by atoms with van der Waals surface area (Å²) in [6.07, 6.45) is 0.880. The van der Waals surface area contributed by atoms with Crippen LogP contribution in [0.4, 0.5) is 5.95 Å². The molecule has 1 rings (SSSR count). The van der Waals surface area contributed by atoms with Gasteiger partial charge in [-0.2, -0.15) is 0 Å². The number of aromatic nitrogens is 2. The number of nitrogens with two attached hydrogens (primary N) is 1. The van der Waals surface area contributed by atoms with Crippen LogP contribution < -0.4 is 16.6 Å². The van der Waals surface area contributed by atoms with Crippen molar-refractivity contribution in [3.8, 4) is 0 Å². The van der Waals surface area contributed by atoms with Crippen molar-refractivity contribution in [2.75, 3.05) is 11.6 Å². The lowest BCUT2D eigenvalue weighted by molar-refractivity contribution is 0.386. The highest BCUT2D eigenvalue weighted by atomic mass is 16.5. The number of nitrogens with zero attached hydrogens (tertiary/aromatic N) is 2. The average molecular weight is 158 g/mol. The summed E-state index contributed by atoms with van der Waals surface area (Å²) < 4.78 is 4.25. The molecule has 11 heavy (non-hydrogen) atoms. The summed E-state index contributed by atoms with van der Waals surface area (Å²) in [6.45, 7) is 2.60. The molecule has 0 atom stereocenters. The molecule has 0 radical (unpaired) electrons. The van der Waals surface area contributed by atoms with Gasteiger partial charge in [0.05, 0.1) is 0 Å². The molecule has 0 fully saturated rings. The van der Waals surface area contributed by atoms with E-state index in [9.17, 15) is 4.79 Å². The van der Waals surface area contributed by atoms with Crippen molar-refractivity contribution in [1.29, 1.82) is 0 Å². The maximum absolute atomic E-state index is 10.4. The molecule has 1 aromatic rings. The highest BCUT2D eigenvalue weighted by Crippen LogP contribution is 1.97. The number of aromatic amines is 1. The van der Waals surface area contributed by atoms with E-state index in [2.05, 4.69) is 14.7 Å². The first-order valence-corrected chi connectivity index (χ1v) is 3.32. The third-order valence-electron chi connectivity index (χ3n) is 1.17. The van der Waals surface area contributed by atoms with Crippen LogP contribution in [-0.4, -0.2) is 16.7 Å². The molecule has 1 aromatic heterocycles. The smallest absolute Gasteiger partial charge is 0.294 e. The number of hydrogen-bond acceptors (Lipinski definition) is 5. The van der Waals surface area contributed by atoms with Gasteiger partial charge < -0.3 is 0 Å². The van der Waals surface area contributed by atoms with Crippen LogP contribution in [0.2, 0.25) is 0 Å². The maximum atomic E-state index is 10.4. The van der Waals surface area contributed by atoms with Gasteiger partial charge in [-0.25, -0.2) is 10.6 Å². The summed E-state index contributed by atoms with van der Waals surface area (Å²) in [6, 6.07) is 0. The second kappa shape index (κ2) is 3.20. The zero-order valence-corrected chi connectivity index (χ0v) is 6.20. The molecule has 62 valence electrons. The Balaban J connectivity index is 2.68. The molecule has 0 aromatic carbocycles. The van der Waals surface area contributed by atoms with E-state index in [0.29, 0.717) is 6.54 Å². The highest BCUT2D eigenvalue weighted by Gasteiger charge is 2.04. The molecule has 0 spiro atoms. The Morgan fingerprint density at radius 3 is 3.00 bits per heavy atom. The first-order chi connectivity index (χ1) is 5.24. The molecule has 0 saturated carbocycles. The minimum Gasteiger partial charge on any atom is -0.294 e. The Hall–Kier alpha value is -1.30. The number of hydrazine groups is 1. The van der Waals surface area contributed by atoms with Crippen molar-refractivity contribution in [1.82, 2.24) is 10.1 Å². The molecule has 0 saturated heterocycles. The normalized spacial score (nSPS) is 10.0. The molecular formula is C5H10N4O2. The standard InChI is InChI=1S/C5H10N4O2/c1-2-3-9(6)4-7-5(10)11-8-4/h2-3,6H2,1H3,(H,7,8,10). The molecule has 0 unspecified atom stereocenters. The maximum Gasteiger partial charge on any atom is 0.440 e. The lowest BCUT2D eigenvalue weighted by Crippen LogP contribution is -2.32. The first-order valence-electron chi connectivity index (χ1n) is 3.32. The topological polar surface area (TPSA) is 88.2 Å². The van der Waals surface area contributed by atoms with E-state index >= 15 is 0 Å². The highest BCUT2D eigenvalue weighted by molar-refractivity contribution is 5.22. The fourth-order valence-corrected chi connectivity index (χ4v) is 0.693. The number of H-pyrrole nitrogens is 1. The van der Waals surface area contributed by atoms with Gasteiger partial charge in [-0.15, -0.1) is 0 Å². The third-order valence-corrected chi connectivity index (χ3v) is 1.17. The third kappa shape index (κ3) is 1.81. The molecule has 0 amide bonds. The molecule has 0 aliphatic carbocycles. The van der Waals surface area contributed by atoms with E-state index in [1.54, 1.807) is 0 Å².